The molecule has 6 nitrogen and oxygen atoms in total. The lowest BCUT2D eigenvalue weighted by molar-refractivity contribution is 0.0950. The molecule has 0 saturated carbocycles. The Labute approximate surface area is 147 Å². The van der Waals surface area contributed by atoms with Gasteiger partial charge in [-0.25, -0.2) is 10.4 Å². The van der Waals surface area contributed by atoms with Crippen molar-refractivity contribution in [2.75, 3.05) is 0 Å². The van der Waals surface area contributed by atoms with E-state index in [-0.39, 0.29) is 16.7 Å². The molecule has 126 valence electrons. The second-order valence-electron chi connectivity index (χ2n) is 5.60. The van der Waals surface area contributed by atoms with Crippen LogP contribution in [0.1, 0.15) is 16.1 Å². The van der Waals surface area contributed by atoms with Gasteiger partial charge >= 0.3 is 0 Å². The van der Waals surface area contributed by atoms with Crippen LogP contribution in [0.5, 0.6) is 0 Å². The molecule has 0 atom stereocenters. The topological polar surface area (TPSA) is 84.6 Å². The third kappa shape index (κ3) is 2.95. The summed E-state index contributed by atoms with van der Waals surface area (Å²) in [7, 11) is 0. The van der Waals surface area contributed by atoms with Crippen molar-refractivity contribution in [2.45, 2.75) is 0 Å². The Morgan fingerprint density at radius 3 is 2.77 bits per heavy atom. The van der Waals surface area contributed by atoms with Gasteiger partial charge in [0.05, 0.1) is 22.7 Å². The smallest absolute Gasteiger partial charge is 0.289 e. The summed E-state index contributed by atoms with van der Waals surface area (Å²) in [6.45, 7) is 0. The number of hydrazone groups is 1. The number of para-hydroxylation sites is 2. The quantitative estimate of drug-likeness (QED) is 0.457. The fourth-order valence-corrected chi connectivity index (χ4v) is 2.59. The van der Waals surface area contributed by atoms with Gasteiger partial charge in [-0.2, -0.15) is 5.10 Å². The minimum absolute atomic E-state index is 0.214. The van der Waals surface area contributed by atoms with Crippen LogP contribution < -0.4 is 10.9 Å². The van der Waals surface area contributed by atoms with Crippen LogP contribution in [0.2, 0.25) is 0 Å². The monoisotopic (exact) mass is 343 g/mol. The molecule has 2 heterocycles. The van der Waals surface area contributed by atoms with E-state index in [2.05, 4.69) is 15.5 Å². The highest BCUT2D eigenvalue weighted by atomic mass is 16.3. The molecule has 0 saturated heterocycles. The molecule has 0 unspecified atom stereocenters. The summed E-state index contributed by atoms with van der Waals surface area (Å²) in [6, 6.07) is 17.9. The molecule has 0 bridgehead atoms. The standard InChI is InChI=1S/C20H13N3O3/c24-19-14(12-26-18-8-4-2-6-15(18)19)11-21-23-20(25)17-10-9-13-5-1-3-7-16(13)22-17/h1-12H,(H,23,25). The molecule has 0 aliphatic heterocycles. The van der Waals surface area contributed by atoms with E-state index < -0.39 is 5.91 Å². The zero-order valence-corrected chi connectivity index (χ0v) is 13.5. The number of carbonyl (C=O) groups excluding carboxylic acids is 1. The Morgan fingerprint density at radius 2 is 1.85 bits per heavy atom. The molecule has 1 amide bonds. The zero-order chi connectivity index (χ0) is 17.9. The zero-order valence-electron chi connectivity index (χ0n) is 13.5. The number of carbonyl (C=O) groups is 1. The summed E-state index contributed by atoms with van der Waals surface area (Å²) in [5.74, 6) is -0.461. The van der Waals surface area contributed by atoms with Crippen molar-refractivity contribution in [3.8, 4) is 0 Å². The van der Waals surface area contributed by atoms with Gasteiger partial charge in [0.25, 0.3) is 5.91 Å². The SMILES string of the molecule is O=C(NN=Cc1coc2ccccc2c1=O)c1ccc2ccccc2n1. The number of benzene rings is 2. The molecule has 2 aromatic carbocycles. The summed E-state index contributed by atoms with van der Waals surface area (Å²) >= 11 is 0. The lowest BCUT2D eigenvalue weighted by atomic mass is 10.2. The molecular weight excluding hydrogens is 330 g/mol. The van der Waals surface area contributed by atoms with Crippen molar-refractivity contribution in [1.82, 2.24) is 10.4 Å². The number of amides is 1. The molecule has 1 N–H and O–H groups in total. The number of aromatic nitrogens is 1. The van der Waals surface area contributed by atoms with Crippen molar-refractivity contribution in [1.29, 1.82) is 0 Å². The Morgan fingerprint density at radius 1 is 1.04 bits per heavy atom. The lowest BCUT2D eigenvalue weighted by Crippen LogP contribution is -2.19. The number of hydrogen-bond acceptors (Lipinski definition) is 5. The third-order valence-electron chi connectivity index (χ3n) is 3.91. The molecule has 6 heteroatoms. The van der Waals surface area contributed by atoms with Gasteiger partial charge in [-0.3, -0.25) is 9.59 Å². The van der Waals surface area contributed by atoms with Gasteiger partial charge in [0.1, 0.15) is 17.5 Å². The Kier molecular flexibility index (Phi) is 3.99. The first-order chi connectivity index (χ1) is 12.7. The van der Waals surface area contributed by atoms with Gasteiger partial charge < -0.3 is 4.42 Å². The number of fused-ring (bicyclic) bond motifs is 2. The predicted molar refractivity (Wildman–Crippen MR) is 99.3 cm³/mol. The molecule has 0 aliphatic rings. The maximum Gasteiger partial charge on any atom is 0.289 e. The Balaban J connectivity index is 1.55. The van der Waals surface area contributed by atoms with Crippen molar-refractivity contribution >= 4 is 34.0 Å². The highest BCUT2D eigenvalue weighted by molar-refractivity contribution is 5.95. The fraction of sp³-hybridized carbons (Fsp3) is 0. The van der Waals surface area contributed by atoms with E-state index in [4.69, 9.17) is 4.42 Å². The summed E-state index contributed by atoms with van der Waals surface area (Å²) < 4.78 is 5.40. The van der Waals surface area contributed by atoms with Crippen LogP contribution in [0.4, 0.5) is 0 Å². The van der Waals surface area contributed by atoms with Gasteiger partial charge in [-0.05, 0) is 24.3 Å². The largest absolute Gasteiger partial charge is 0.463 e. The van der Waals surface area contributed by atoms with Crippen LogP contribution in [-0.2, 0) is 0 Å². The van der Waals surface area contributed by atoms with Gasteiger partial charge in [-0.15, -0.1) is 0 Å². The Hall–Kier alpha value is -3.80. The van der Waals surface area contributed by atoms with Crippen molar-refractivity contribution < 1.29 is 9.21 Å². The molecule has 4 rings (SSSR count). The minimum Gasteiger partial charge on any atom is -0.463 e. The van der Waals surface area contributed by atoms with Gasteiger partial charge in [-0.1, -0.05) is 36.4 Å². The van der Waals surface area contributed by atoms with Crippen LogP contribution in [0.3, 0.4) is 0 Å². The van der Waals surface area contributed by atoms with Gasteiger partial charge in [0, 0.05) is 5.39 Å². The average molecular weight is 343 g/mol. The van der Waals surface area contributed by atoms with E-state index in [1.165, 1.54) is 12.5 Å². The van der Waals surface area contributed by atoms with E-state index in [1.807, 2.05) is 30.3 Å². The molecule has 0 radical (unpaired) electrons. The molecule has 0 spiro atoms. The highest BCUT2D eigenvalue weighted by Crippen LogP contribution is 2.12. The molecule has 4 aromatic rings. The number of nitrogens with one attached hydrogen (secondary N) is 1. The van der Waals surface area contributed by atoms with E-state index >= 15 is 0 Å². The first-order valence-electron chi connectivity index (χ1n) is 7.92. The molecular formula is C20H13N3O3. The van der Waals surface area contributed by atoms with Gasteiger partial charge in [0.15, 0.2) is 0 Å². The minimum atomic E-state index is -0.461. The number of rotatable bonds is 3. The van der Waals surface area contributed by atoms with E-state index in [0.717, 1.165) is 10.9 Å². The second kappa shape index (κ2) is 6.60. The Bertz CT molecular complexity index is 1210. The molecule has 0 fully saturated rings. The fourth-order valence-electron chi connectivity index (χ4n) is 2.59. The van der Waals surface area contributed by atoms with Crippen LogP contribution >= 0.6 is 0 Å². The summed E-state index contributed by atoms with van der Waals surface area (Å²) in [5.41, 5.74) is 3.87. The summed E-state index contributed by atoms with van der Waals surface area (Å²) in [4.78, 5) is 28.8. The van der Waals surface area contributed by atoms with Crippen molar-refractivity contribution in [2.24, 2.45) is 5.10 Å². The molecule has 2 aromatic heterocycles. The maximum absolute atomic E-state index is 12.3. The highest BCUT2D eigenvalue weighted by Gasteiger charge is 2.08. The molecule has 26 heavy (non-hydrogen) atoms. The van der Waals surface area contributed by atoms with Crippen LogP contribution in [-0.4, -0.2) is 17.1 Å². The predicted octanol–water partition coefficient (Wildman–Crippen LogP) is 3.11. The third-order valence-corrected chi connectivity index (χ3v) is 3.91. The summed E-state index contributed by atoms with van der Waals surface area (Å²) in [5, 5.41) is 5.24. The normalized spacial score (nSPS) is 11.2. The lowest BCUT2D eigenvalue weighted by Gasteiger charge is -2.01. The van der Waals surface area contributed by atoms with E-state index in [1.54, 1.807) is 30.3 Å². The van der Waals surface area contributed by atoms with Crippen molar-refractivity contribution in [3.05, 3.63) is 88.4 Å². The van der Waals surface area contributed by atoms with Crippen LogP contribution in [0.25, 0.3) is 21.9 Å². The number of hydrogen-bond donors (Lipinski definition) is 1. The number of pyridine rings is 1. The van der Waals surface area contributed by atoms with Gasteiger partial charge in [0.2, 0.25) is 5.43 Å². The number of nitrogens with zero attached hydrogens (tertiary/aromatic N) is 2. The first kappa shape index (κ1) is 15.7. The van der Waals surface area contributed by atoms with Crippen LogP contribution in [0.15, 0.2) is 81.2 Å². The van der Waals surface area contributed by atoms with Crippen LogP contribution in [0, 0.1) is 0 Å². The maximum atomic E-state index is 12.3. The molecule has 0 aliphatic carbocycles. The first-order valence-corrected chi connectivity index (χ1v) is 7.92. The average Bonchev–Trinajstić information content (AvgIpc) is 2.69. The van der Waals surface area contributed by atoms with E-state index in [9.17, 15) is 9.59 Å². The van der Waals surface area contributed by atoms with Crippen molar-refractivity contribution in [3.63, 3.8) is 0 Å². The summed E-state index contributed by atoms with van der Waals surface area (Å²) in [6.07, 6.45) is 2.58. The van der Waals surface area contributed by atoms with E-state index in [0.29, 0.717) is 11.0 Å². The second-order valence-corrected chi connectivity index (χ2v) is 5.60.